The summed E-state index contributed by atoms with van der Waals surface area (Å²) in [6, 6.07) is 2.57. The van der Waals surface area contributed by atoms with E-state index in [1.165, 1.54) is 6.92 Å². The monoisotopic (exact) mass is 309 g/mol. The van der Waals surface area contributed by atoms with Gasteiger partial charge in [-0.05, 0) is 31.2 Å². The fourth-order valence-corrected chi connectivity index (χ4v) is 2.92. The number of carbonyl (C=O) groups is 2. The maximum absolute atomic E-state index is 12.1. The van der Waals surface area contributed by atoms with Gasteiger partial charge in [0.25, 0.3) is 5.91 Å². The molecule has 1 aromatic rings. The van der Waals surface area contributed by atoms with Crippen molar-refractivity contribution in [2.45, 2.75) is 13.0 Å². The minimum atomic E-state index is -1.09. The first-order chi connectivity index (χ1) is 9.50. The van der Waals surface area contributed by atoms with Crippen molar-refractivity contribution in [2.75, 3.05) is 0 Å². The summed E-state index contributed by atoms with van der Waals surface area (Å²) in [5, 5.41) is 8.96. The van der Waals surface area contributed by atoms with E-state index in [0.29, 0.717) is 10.7 Å². The fraction of sp³-hybridized carbons (Fsp3) is 0.154. The van der Waals surface area contributed by atoms with Gasteiger partial charge < -0.3 is 9.52 Å². The van der Waals surface area contributed by atoms with E-state index in [1.807, 2.05) is 0 Å². The minimum absolute atomic E-state index is 0.252. The highest BCUT2D eigenvalue weighted by molar-refractivity contribution is 8.26. The van der Waals surface area contributed by atoms with Crippen molar-refractivity contribution in [3.05, 3.63) is 41.2 Å². The molecule has 20 heavy (non-hydrogen) atoms. The summed E-state index contributed by atoms with van der Waals surface area (Å²) in [5.41, 5.74) is 0. The average molecular weight is 309 g/mol. The Balaban J connectivity index is 2.13. The standard InChI is InChI=1S/C13H11NO4S2/c1-8(12(16)17)14-11(15)10(20-13(14)19)6-2-4-9-5-3-7-18-9/h2-8H,1H3,(H,16,17)/b4-2+,10-6-/t8-/m0/s1. The molecule has 0 saturated carbocycles. The van der Waals surface area contributed by atoms with Gasteiger partial charge in [-0.3, -0.25) is 9.69 Å². The summed E-state index contributed by atoms with van der Waals surface area (Å²) < 4.78 is 5.37. The lowest BCUT2D eigenvalue weighted by molar-refractivity contribution is -0.144. The molecule has 7 heteroatoms. The van der Waals surface area contributed by atoms with Crippen LogP contribution in [-0.2, 0) is 9.59 Å². The number of aliphatic carboxylic acids is 1. The predicted octanol–water partition coefficient (Wildman–Crippen LogP) is 2.51. The Morgan fingerprint density at radius 3 is 2.95 bits per heavy atom. The van der Waals surface area contributed by atoms with Crippen LogP contribution in [0, 0.1) is 0 Å². The van der Waals surface area contributed by atoms with Crippen LogP contribution in [-0.4, -0.2) is 32.2 Å². The van der Waals surface area contributed by atoms with E-state index >= 15 is 0 Å². The lowest BCUT2D eigenvalue weighted by Gasteiger charge is -2.18. The van der Waals surface area contributed by atoms with Crippen molar-refractivity contribution in [3.8, 4) is 0 Å². The van der Waals surface area contributed by atoms with Crippen LogP contribution >= 0.6 is 24.0 Å². The second-order valence-corrected chi connectivity index (χ2v) is 5.64. The van der Waals surface area contributed by atoms with Gasteiger partial charge in [0.15, 0.2) is 0 Å². The van der Waals surface area contributed by atoms with Crippen molar-refractivity contribution in [1.82, 2.24) is 4.90 Å². The van der Waals surface area contributed by atoms with Gasteiger partial charge in [-0.25, -0.2) is 4.79 Å². The Bertz CT molecular complexity index is 604. The normalized spacial score (nSPS) is 19.2. The molecule has 1 aliphatic rings. The van der Waals surface area contributed by atoms with E-state index in [4.69, 9.17) is 21.7 Å². The number of carboxylic acid groups (broad SMARTS) is 1. The van der Waals surface area contributed by atoms with Crippen molar-refractivity contribution in [2.24, 2.45) is 0 Å². The van der Waals surface area contributed by atoms with E-state index in [0.717, 1.165) is 16.7 Å². The molecule has 104 valence electrons. The van der Waals surface area contributed by atoms with Crippen LogP contribution in [0.25, 0.3) is 6.08 Å². The van der Waals surface area contributed by atoms with E-state index in [2.05, 4.69) is 0 Å². The van der Waals surface area contributed by atoms with Gasteiger partial charge in [0.05, 0.1) is 11.2 Å². The highest BCUT2D eigenvalue weighted by Crippen LogP contribution is 2.32. The largest absolute Gasteiger partial charge is 0.480 e. The molecule has 1 fully saturated rings. The SMILES string of the molecule is C[C@@H](C(=O)O)N1C(=O)/C(=C/C=C/c2ccco2)SC1=S. The molecule has 1 amide bonds. The second kappa shape index (κ2) is 6.06. The molecule has 0 spiro atoms. The molecule has 2 rings (SSSR count). The van der Waals surface area contributed by atoms with Crippen molar-refractivity contribution in [1.29, 1.82) is 0 Å². The third-order valence-electron chi connectivity index (χ3n) is 2.62. The topological polar surface area (TPSA) is 70.8 Å². The highest BCUT2D eigenvalue weighted by atomic mass is 32.2. The van der Waals surface area contributed by atoms with Crippen molar-refractivity contribution in [3.63, 3.8) is 0 Å². The van der Waals surface area contributed by atoms with E-state index in [1.54, 1.807) is 36.6 Å². The maximum Gasteiger partial charge on any atom is 0.326 e. The zero-order valence-corrected chi connectivity index (χ0v) is 12.1. The third kappa shape index (κ3) is 3.00. The highest BCUT2D eigenvalue weighted by Gasteiger charge is 2.37. The molecule has 1 saturated heterocycles. The quantitative estimate of drug-likeness (QED) is 0.680. The predicted molar refractivity (Wildman–Crippen MR) is 80.0 cm³/mol. The number of thiocarbonyl (C=S) groups is 1. The summed E-state index contributed by atoms with van der Waals surface area (Å²) in [4.78, 5) is 24.5. The summed E-state index contributed by atoms with van der Waals surface area (Å²) in [6.45, 7) is 1.43. The number of hydrogen-bond acceptors (Lipinski definition) is 5. The maximum atomic E-state index is 12.1. The molecule has 0 aliphatic carbocycles. The Labute approximate surface area is 124 Å². The molecule has 2 heterocycles. The number of allylic oxidation sites excluding steroid dienone is 2. The Kier molecular flexibility index (Phi) is 4.41. The van der Waals surface area contributed by atoms with Crippen LogP contribution in [0.15, 0.2) is 39.9 Å². The molecule has 0 radical (unpaired) electrons. The average Bonchev–Trinajstić information content (AvgIpc) is 2.98. The second-order valence-electron chi connectivity index (χ2n) is 3.96. The Morgan fingerprint density at radius 1 is 1.60 bits per heavy atom. The number of carboxylic acids is 1. The molecule has 1 aliphatic heterocycles. The first kappa shape index (κ1) is 14.5. The smallest absolute Gasteiger partial charge is 0.326 e. The Hall–Kier alpha value is -1.86. The number of amides is 1. The van der Waals surface area contributed by atoms with Gasteiger partial charge in [0, 0.05) is 0 Å². The molecule has 5 nitrogen and oxygen atoms in total. The number of carbonyl (C=O) groups excluding carboxylic acids is 1. The molecule has 0 unspecified atom stereocenters. The first-order valence-corrected chi connectivity index (χ1v) is 6.93. The first-order valence-electron chi connectivity index (χ1n) is 5.70. The number of furan rings is 1. The van der Waals surface area contributed by atoms with E-state index < -0.39 is 12.0 Å². The minimum Gasteiger partial charge on any atom is -0.480 e. The van der Waals surface area contributed by atoms with Gasteiger partial charge in [-0.2, -0.15) is 0 Å². The lowest BCUT2D eigenvalue weighted by atomic mass is 10.3. The van der Waals surface area contributed by atoms with E-state index in [-0.39, 0.29) is 10.2 Å². The summed E-state index contributed by atoms with van der Waals surface area (Å²) in [7, 11) is 0. The number of nitrogens with zero attached hydrogens (tertiary/aromatic N) is 1. The Morgan fingerprint density at radius 2 is 2.35 bits per heavy atom. The molecule has 1 N–H and O–H groups in total. The summed E-state index contributed by atoms with van der Waals surface area (Å²) in [6.07, 6.45) is 6.51. The number of thioether (sulfide) groups is 1. The molecule has 1 aromatic heterocycles. The zero-order chi connectivity index (χ0) is 14.7. The van der Waals surface area contributed by atoms with Crippen LogP contribution < -0.4 is 0 Å². The van der Waals surface area contributed by atoms with Crippen LogP contribution in [0.4, 0.5) is 0 Å². The molecule has 1 atom stereocenters. The van der Waals surface area contributed by atoms with Gasteiger partial charge in [-0.1, -0.05) is 30.1 Å². The molecular weight excluding hydrogens is 298 g/mol. The van der Waals surface area contributed by atoms with Gasteiger partial charge in [-0.15, -0.1) is 0 Å². The van der Waals surface area contributed by atoms with Crippen LogP contribution in [0.2, 0.25) is 0 Å². The number of hydrogen-bond donors (Lipinski definition) is 1. The van der Waals surface area contributed by atoms with Gasteiger partial charge in [0.1, 0.15) is 16.1 Å². The van der Waals surface area contributed by atoms with Crippen LogP contribution in [0.3, 0.4) is 0 Å². The third-order valence-corrected chi connectivity index (χ3v) is 3.97. The van der Waals surface area contributed by atoms with Gasteiger partial charge in [0.2, 0.25) is 0 Å². The van der Waals surface area contributed by atoms with Crippen molar-refractivity contribution >= 4 is 46.3 Å². The zero-order valence-electron chi connectivity index (χ0n) is 10.5. The molecular formula is C13H11NO4S2. The van der Waals surface area contributed by atoms with Gasteiger partial charge >= 0.3 is 5.97 Å². The van der Waals surface area contributed by atoms with Crippen molar-refractivity contribution < 1.29 is 19.1 Å². The summed E-state index contributed by atoms with van der Waals surface area (Å²) >= 11 is 6.13. The molecule has 0 bridgehead atoms. The lowest BCUT2D eigenvalue weighted by Crippen LogP contribution is -2.41. The summed E-state index contributed by atoms with van der Waals surface area (Å²) in [5.74, 6) is -0.816. The van der Waals surface area contributed by atoms with E-state index in [9.17, 15) is 9.59 Å². The number of rotatable bonds is 4. The van der Waals surface area contributed by atoms with Crippen LogP contribution in [0.5, 0.6) is 0 Å². The fourth-order valence-electron chi connectivity index (χ4n) is 1.55. The van der Waals surface area contributed by atoms with Crippen LogP contribution in [0.1, 0.15) is 12.7 Å². The molecule has 0 aromatic carbocycles.